The molecule has 1 aromatic carbocycles. The first kappa shape index (κ1) is 12.5. The van der Waals surface area contributed by atoms with Gasteiger partial charge in [0.25, 0.3) is 0 Å². The van der Waals surface area contributed by atoms with Crippen LogP contribution in [0.5, 0.6) is 11.5 Å². The maximum Gasteiger partial charge on any atom is 0.166 e. The van der Waals surface area contributed by atoms with E-state index in [0.717, 1.165) is 23.5 Å². The number of nitrogens with two attached hydrogens (primary N) is 1. The topological polar surface area (TPSA) is 56.5 Å². The van der Waals surface area contributed by atoms with Crippen molar-refractivity contribution < 1.29 is 9.47 Å². The smallest absolute Gasteiger partial charge is 0.166 e. The van der Waals surface area contributed by atoms with Gasteiger partial charge < -0.3 is 9.47 Å². The molecule has 0 radical (unpaired) electrons. The van der Waals surface area contributed by atoms with Crippen molar-refractivity contribution in [3.63, 3.8) is 0 Å². The monoisotopic (exact) mass is 276 g/mol. The number of para-hydroxylation sites is 1. The first-order chi connectivity index (χ1) is 9.38. The lowest BCUT2D eigenvalue weighted by Crippen LogP contribution is -2.30. The van der Waals surface area contributed by atoms with Crippen molar-refractivity contribution in [1.82, 2.24) is 5.43 Å². The highest BCUT2D eigenvalue weighted by Crippen LogP contribution is 2.37. The lowest BCUT2D eigenvalue weighted by atomic mass is 9.99. The van der Waals surface area contributed by atoms with Crippen molar-refractivity contribution in [3.05, 3.63) is 46.2 Å². The fourth-order valence-corrected chi connectivity index (χ4v) is 2.96. The average molecular weight is 276 g/mol. The van der Waals surface area contributed by atoms with Crippen LogP contribution in [0.15, 0.2) is 35.0 Å². The van der Waals surface area contributed by atoms with Crippen molar-refractivity contribution >= 4 is 11.3 Å². The Morgan fingerprint density at radius 3 is 2.95 bits per heavy atom. The molecule has 100 valence electrons. The van der Waals surface area contributed by atoms with E-state index in [1.165, 1.54) is 5.56 Å². The maximum absolute atomic E-state index is 5.74. The van der Waals surface area contributed by atoms with E-state index in [1.807, 2.05) is 18.2 Å². The molecule has 4 nitrogen and oxygen atoms in total. The van der Waals surface area contributed by atoms with Crippen LogP contribution in [0.1, 0.15) is 17.2 Å². The predicted octanol–water partition coefficient (Wildman–Crippen LogP) is 2.27. The van der Waals surface area contributed by atoms with Gasteiger partial charge in [0, 0.05) is 5.56 Å². The van der Waals surface area contributed by atoms with Gasteiger partial charge >= 0.3 is 0 Å². The minimum Gasteiger partial charge on any atom is -0.486 e. The molecule has 0 saturated carbocycles. The van der Waals surface area contributed by atoms with Crippen LogP contribution in [0.25, 0.3) is 0 Å². The number of nitrogens with one attached hydrogen (secondary N) is 1. The molecule has 1 aliphatic rings. The van der Waals surface area contributed by atoms with E-state index in [-0.39, 0.29) is 6.04 Å². The Bertz CT molecular complexity index is 542. The molecule has 0 fully saturated rings. The third-order valence-corrected chi connectivity index (χ3v) is 3.93. The molecule has 3 rings (SSSR count). The molecule has 1 unspecified atom stereocenters. The zero-order valence-corrected chi connectivity index (χ0v) is 11.3. The summed E-state index contributed by atoms with van der Waals surface area (Å²) in [7, 11) is 0. The lowest BCUT2D eigenvalue weighted by molar-refractivity contribution is 0.168. The molecule has 0 saturated heterocycles. The summed E-state index contributed by atoms with van der Waals surface area (Å²) in [5, 5.41) is 4.21. The third-order valence-electron chi connectivity index (χ3n) is 3.19. The molecule has 2 heterocycles. The summed E-state index contributed by atoms with van der Waals surface area (Å²) in [6.45, 7) is 1.18. The molecular formula is C14H16N2O2S. The van der Waals surface area contributed by atoms with Gasteiger partial charge in [-0.3, -0.25) is 11.3 Å². The quantitative estimate of drug-likeness (QED) is 0.664. The van der Waals surface area contributed by atoms with Crippen LogP contribution in [0.3, 0.4) is 0 Å². The fourth-order valence-electron chi connectivity index (χ4n) is 2.27. The Kier molecular flexibility index (Phi) is 3.68. The molecule has 1 atom stereocenters. The third kappa shape index (κ3) is 2.58. The molecule has 3 N–H and O–H groups in total. The summed E-state index contributed by atoms with van der Waals surface area (Å²) >= 11 is 1.69. The van der Waals surface area contributed by atoms with Crippen molar-refractivity contribution in [3.8, 4) is 11.5 Å². The van der Waals surface area contributed by atoms with Crippen LogP contribution in [0.2, 0.25) is 0 Å². The van der Waals surface area contributed by atoms with Gasteiger partial charge in [-0.2, -0.15) is 11.3 Å². The van der Waals surface area contributed by atoms with Crippen LogP contribution in [-0.4, -0.2) is 13.2 Å². The second-order valence-corrected chi connectivity index (χ2v) is 5.21. The molecule has 19 heavy (non-hydrogen) atoms. The van der Waals surface area contributed by atoms with E-state index in [1.54, 1.807) is 11.3 Å². The van der Waals surface area contributed by atoms with Gasteiger partial charge in [0.2, 0.25) is 0 Å². The first-order valence-corrected chi connectivity index (χ1v) is 7.18. The van der Waals surface area contributed by atoms with Crippen molar-refractivity contribution in [2.45, 2.75) is 12.5 Å². The summed E-state index contributed by atoms with van der Waals surface area (Å²) in [6, 6.07) is 8.06. The Labute approximate surface area is 116 Å². The number of fused-ring (bicyclic) bond motifs is 1. The minimum absolute atomic E-state index is 0.0197. The number of hydrazine groups is 1. The van der Waals surface area contributed by atoms with Gasteiger partial charge in [0.15, 0.2) is 11.5 Å². The Morgan fingerprint density at radius 1 is 1.26 bits per heavy atom. The largest absolute Gasteiger partial charge is 0.486 e. The normalized spacial score (nSPS) is 15.2. The predicted molar refractivity (Wildman–Crippen MR) is 75.5 cm³/mol. The van der Waals surface area contributed by atoms with E-state index in [2.05, 4.69) is 22.3 Å². The summed E-state index contributed by atoms with van der Waals surface area (Å²) in [6.07, 6.45) is 0.833. The molecule has 1 aromatic heterocycles. The van der Waals surface area contributed by atoms with E-state index in [9.17, 15) is 0 Å². The Hall–Kier alpha value is -1.56. The minimum atomic E-state index is 0.0197. The van der Waals surface area contributed by atoms with Gasteiger partial charge in [-0.15, -0.1) is 0 Å². The summed E-state index contributed by atoms with van der Waals surface area (Å²) < 4.78 is 11.3. The molecule has 5 heteroatoms. The van der Waals surface area contributed by atoms with Crippen LogP contribution in [0, 0.1) is 0 Å². The van der Waals surface area contributed by atoms with Crippen molar-refractivity contribution in [2.75, 3.05) is 13.2 Å². The Morgan fingerprint density at radius 2 is 2.16 bits per heavy atom. The first-order valence-electron chi connectivity index (χ1n) is 6.24. The van der Waals surface area contributed by atoms with Gasteiger partial charge in [-0.1, -0.05) is 12.1 Å². The highest BCUT2D eigenvalue weighted by molar-refractivity contribution is 7.07. The number of ether oxygens (including phenoxy) is 2. The molecule has 0 aliphatic carbocycles. The number of hydrogen-bond acceptors (Lipinski definition) is 5. The zero-order chi connectivity index (χ0) is 13.1. The van der Waals surface area contributed by atoms with Gasteiger partial charge in [0.05, 0.1) is 6.04 Å². The summed E-state index contributed by atoms with van der Waals surface area (Å²) in [5.74, 6) is 7.32. The molecule has 0 bridgehead atoms. The summed E-state index contributed by atoms with van der Waals surface area (Å²) in [5.41, 5.74) is 5.19. The molecular weight excluding hydrogens is 260 g/mol. The molecule has 2 aromatic rings. The van der Waals surface area contributed by atoms with E-state index in [4.69, 9.17) is 15.3 Å². The SMILES string of the molecule is NNC(Cc1ccsc1)c1cccc2c1OCCO2. The van der Waals surface area contributed by atoms with Crippen LogP contribution in [-0.2, 0) is 6.42 Å². The number of rotatable bonds is 4. The molecule has 1 aliphatic heterocycles. The summed E-state index contributed by atoms with van der Waals surface area (Å²) in [4.78, 5) is 0. The van der Waals surface area contributed by atoms with Crippen LogP contribution in [0.4, 0.5) is 0 Å². The maximum atomic E-state index is 5.74. The van der Waals surface area contributed by atoms with Crippen LogP contribution >= 0.6 is 11.3 Å². The van der Waals surface area contributed by atoms with Crippen LogP contribution < -0.4 is 20.7 Å². The van der Waals surface area contributed by atoms with E-state index in [0.29, 0.717) is 13.2 Å². The Balaban J connectivity index is 1.90. The second kappa shape index (κ2) is 5.61. The van der Waals surface area contributed by atoms with Crippen molar-refractivity contribution in [1.29, 1.82) is 0 Å². The zero-order valence-electron chi connectivity index (χ0n) is 10.5. The van der Waals surface area contributed by atoms with Gasteiger partial charge in [0.1, 0.15) is 13.2 Å². The number of benzene rings is 1. The fraction of sp³-hybridized carbons (Fsp3) is 0.286. The standard InChI is InChI=1S/C14H16N2O2S/c15-16-12(8-10-4-7-19-9-10)11-2-1-3-13-14(11)18-6-5-17-13/h1-4,7,9,12,16H,5-6,8,15H2. The van der Waals surface area contributed by atoms with Gasteiger partial charge in [-0.05, 0) is 34.9 Å². The number of thiophene rings is 1. The van der Waals surface area contributed by atoms with E-state index >= 15 is 0 Å². The highest BCUT2D eigenvalue weighted by Gasteiger charge is 2.21. The molecule has 0 amide bonds. The average Bonchev–Trinajstić information content (AvgIpc) is 2.97. The second-order valence-electron chi connectivity index (χ2n) is 4.43. The lowest BCUT2D eigenvalue weighted by Gasteiger charge is -2.24. The van der Waals surface area contributed by atoms with E-state index < -0.39 is 0 Å². The number of hydrogen-bond donors (Lipinski definition) is 2. The molecule has 0 spiro atoms. The van der Waals surface area contributed by atoms with Gasteiger partial charge in [-0.25, -0.2) is 0 Å². The highest BCUT2D eigenvalue weighted by atomic mass is 32.1. The van der Waals surface area contributed by atoms with Crippen molar-refractivity contribution in [2.24, 2.45) is 5.84 Å².